The Balaban J connectivity index is 1.45. The van der Waals surface area contributed by atoms with E-state index in [0.717, 1.165) is 22.3 Å². The minimum Gasteiger partial charge on any atom is -0.0898 e. The molecule has 0 saturated heterocycles. The van der Waals surface area contributed by atoms with Crippen LogP contribution in [0.5, 0.6) is 0 Å². The molecule has 6 atom stereocenters. The van der Waals surface area contributed by atoms with Crippen molar-refractivity contribution in [2.45, 2.75) is 90.6 Å². The van der Waals surface area contributed by atoms with E-state index in [9.17, 15) is 0 Å². The van der Waals surface area contributed by atoms with Gasteiger partial charge in [-0.3, -0.25) is 0 Å². The summed E-state index contributed by atoms with van der Waals surface area (Å²) >= 11 is 0. The second-order valence-corrected chi connectivity index (χ2v) is 13.1. The summed E-state index contributed by atoms with van der Waals surface area (Å²) in [6.45, 7) is 15.4. The van der Waals surface area contributed by atoms with Gasteiger partial charge in [-0.05, 0) is 72.0 Å². The molecule has 4 rings (SSSR count). The fourth-order valence-corrected chi connectivity index (χ4v) is 11.4. The minimum atomic E-state index is 0.573. The summed E-state index contributed by atoms with van der Waals surface area (Å²) in [6.07, 6.45) is 8.88. The normalized spacial score (nSPS) is 54.3. The molecule has 0 nitrogen and oxygen atoms in total. The highest BCUT2D eigenvalue weighted by Crippen LogP contribution is 2.73. The van der Waals surface area contributed by atoms with Gasteiger partial charge in [0.1, 0.15) is 0 Å². The van der Waals surface area contributed by atoms with Crippen molar-refractivity contribution in [3.8, 4) is 0 Å². The van der Waals surface area contributed by atoms with Crippen molar-refractivity contribution in [2.75, 3.05) is 0 Å². The standard InChI is InChI=1S/C20H34S2/c1-17(2)13-7-9-19(17,5)15(11-13)21-22-16-12-14-8-10-20(16,6)18(14,3)4/h13-16H,7-12H2,1-6H3. The SMILES string of the molecule is CC1(C)C2CCC1(C)C(SSC1CC3CCC1(C)C3(C)C)C2. The second-order valence-electron chi connectivity index (χ2n) is 10.4. The summed E-state index contributed by atoms with van der Waals surface area (Å²) in [6, 6.07) is 0. The van der Waals surface area contributed by atoms with Crippen LogP contribution in [0.2, 0.25) is 0 Å². The van der Waals surface area contributed by atoms with E-state index in [-0.39, 0.29) is 0 Å². The maximum Gasteiger partial charge on any atom is 0.0213 e. The van der Waals surface area contributed by atoms with Crippen LogP contribution in [-0.2, 0) is 0 Å². The number of fused-ring (bicyclic) bond motifs is 4. The van der Waals surface area contributed by atoms with E-state index in [1.165, 1.54) is 38.5 Å². The van der Waals surface area contributed by atoms with E-state index in [4.69, 9.17) is 0 Å². The Hall–Kier alpha value is 0.700. The van der Waals surface area contributed by atoms with Crippen LogP contribution in [0.15, 0.2) is 0 Å². The molecule has 0 N–H and O–H groups in total. The average molecular weight is 339 g/mol. The maximum atomic E-state index is 2.60. The molecule has 0 aliphatic heterocycles. The molecule has 2 heteroatoms. The van der Waals surface area contributed by atoms with Crippen molar-refractivity contribution in [1.82, 2.24) is 0 Å². The van der Waals surface area contributed by atoms with Gasteiger partial charge in [-0.15, -0.1) is 0 Å². The topological polar surface area (TPSA) is 0 Å². The Morgan fingerprint density at radius 1 is 0.636 bits per heavy atom. The van der Waals surface area contributed by atoms with Crippen molar-refractivity contribution < 1.29 is 0 Å². The molecule has 0 aromatic heterocycles. The maximum absolute atomic E-state index is 2.60. The van der Waals surface area contributed by atoms with E-state index in [2.05, 4.69) is 63.1 Å². The first kappa shape index (κ1) is 16.2. The van der Waals surface area contributed by atoms with E-state index in [1.807, 2.05) is 0 Å². The minimum absolute atomic E-state index is 0.573. The zero-order valence-corrected chi connectivity index (χ0v) is 17.0. The van der Waals surface area contributed by atoms with Crippen LogP contribution in [0.1, 0.15) is 80.1 Å². The highest BCUT2D eigenvalue weighted by atomic mass is 33.1. The fraction of sp³-hybridized carbons (Fsp3) is 1.00. The fourth-order valence-electron chi connectivity index (χ4n) is 6.69. The molecule has 0 aromatic carbocycles. The van der Waals surface area contributed by atoms with Crippen LogP contribution in [0, 0.1) is 33.5 Å². The Morgan fingerprint density at radius 2 is 1.00 bits per heavy atom. The van der Waals surface area contributed by atoms with Crippen molar-refractivity contribution in [1.29, 1.82) is 0 Å². The molecule has 0 heterocycles. The predicted molar refractivity (Wildman–Crippen MR) is 101 cm³/mol. The van der Waals surface area contributed by atoms with E-state index in [1.54, 1.807) is 0 Å². The lowest BCUT2D eigenvalue weighted by molar-refractivity contribution is 0.156. The van der Waals surface area contributed by atoms with Gasteiger partial charge in [0.2, 0.25) is 0 Å². The van der Waals surface area contributed by atoms with Gasteiger partial charge in [0.05, 0.1) is 0 Å². The molecule has 0 spiro atoms. The van der Waals surface area contributed by atoms with Crippen LogP contribution >= 0.6 is 21.6 Å². The molecule has 4 fully saturated rings. The first-order valence-corrected chi connectivity index (χ1v) is 11.7. The molecule has 0 amide bonds. The predicted octanol–water partition coefficient (Wildman–Crippen LogP) is 6.80. The average Bonchev–Trinajstić information content (AvgIpc) is 2.95. The lowest BCUT2D eigenvalue weighted by Crippen LogP contribution is -2.35. The second kappa shape index (κ2) is 4.65. The van der Waals surface area contributed by atoms with Crippen LogP contribution in [-0.4, -0.2) is 10.5 Å². The highest BCUT2D eigenvalue weighted by molar-refractivity contribution is 8.77. The Kier molecular flexibility index (Phi) is 3.42. The van der Waals surface area contributed by atoms with Gasteiger partial charge < -0.3 is 0 Å². The van der Waals surface area contributed by atoms with Crippen LogP contribution < -0.4 is 0 Å². The monoisotopic (exact) mass is 338 g/mol. The summed E-state index contributed by atoms with van der Waals surface area (Å²) < 4.78 is 0. The van der Waals surface area contributed by atoms with Gasteiger partial charge in [0.25, 0.3) is 0 Å². The Bertz CT molecular complexity index is 438. The lowest BCUT2D eigenvalue weighted by Gasteiger charge is -2.41. The molecule has 4 aliphatic rings. The lowest BCUT2D eigenvalue weighted by atomic mass is 9.71. The molecule has 4 saturated carbocycles. The molecular weight excluding hydrogens is 304 g/mol. The summed E-state index contributed by atoms with van der Waals surface area (Å²) in [4.78, 5) is 0. The largest absolute Gasteiger partial charge is 0.0898 e. The Morgan fingerprint density at radius 3 is 1.23 bits per heavy atom. The molecule has 22 heavy (non-hydrogen) atoms. The van der Waals surface area contributed by atoms with Crippen LogP contribution in [0.4, 0.5) is 0 Å². The van der Waals surface area contributed by atoms with E-state index >= 15 is 0 Å². The molecule has 126 valence electrons. The van der Waals surface area contributed by atoms with Gasteiger partial charge >= 0.3 is 0 Å². The molecular formula is C20H34S2. The van der Waals surface area contributed by atoms with Gasteiger partial charge in [-0.25, -0.2) is 0 Å². The van der Waals surface area contributed by atoms with Crippen LogP contribution in [0.3, 0.4) is 0 Å². The quantitative estimate of drug-likeness (QED) is 0.519. The van der Waals surface area contributed by atoms with E-state index < -0.39 is 0 Å². The highest BCUT2D eigenvalue weighted by Gasteiger charge is 2.64. The van der Waals surface area contributed by atoms with E-state index in [0.29, 0.717) is 21.7 Å². The summed E-state index contributed by atoms with van der Waals surface area (Å²) in [5.74, 6) is 1.98. The first-order valence-electron chi connectivity index (χ1n) is 9.45. The number of rotatable bonds is 3. The van der Waals surface area contributed by atoms with Gasteiger partial charge in [-0.2, -0.15) is 0 Å². The number of hydrogen-bond acceptors (Lipinski definition) is 2. The van der Waals surface area contributed by atoms with Gasteiger partial charge in [-0.1, -0.05) is 63.1 Å². The Labute approximate surface area is 145 Å². The molecule has 4 bridgehead atoms. The third-order valence-corrected chi connectivity index (χ3v) is 13.4. The molecule has 4 aliphatic carbocycles. The molecule has 0 radical (unpaired) electrons. The summed E-state index contributed by atoms with van der Waals surface area (Å²) in [5, 5.41) is 1.80. The zero-order chi connectivity index (χ0) is 16.0. The third-order valence-electron chi connectivity index (χ3n) is 9.72. The van der Waals surface area contributed by atoms with Gasteiger partial charge in [0, 0.05) is 10.5 Å². The van der Waals surface area contributed by atoms with Crippen LogP contribution in [0.25, 0.3) is 0 Å². The third kappa shape index (κ3) is 1.75. The summed E-state index contributed by atoms with van der Waals surface area (Å²) in [5.41, 5.74) is 2.32. The van der Waals surface area contributed by atoms with Crippen molar-refractivity contribution in [3.63, 3.8) is 0 Å². The zero-order valence-electron chi connectivity index (χ0n) is 15.4. The van der Waals surface area contributed by atoms with Gasteiger partial charge in [0.15, 0.2) is 0 Å². The molecule has 0 aromatic rings. The van der Waals surface area contributed by atoms with Crippen molar-refractivity contribution >= 4 is 21.6 Å². The summed E-state index contributed by atoms with van der Waals surface area (Å²) in [7, 11) is 4.60. The number of hydrogen-bond donors (Lipinski definition) is 0. The van der Waals surface area contributed by atoms with Crippen molar-refractivity contribution in [2.24, 2.45) is 33.5 Å². The molecule has 6 unspecified atom stereocenters. The first-order chi connectivity index (χ1) is 10.1. The van der Waals surface area contributed by atoms with Crippen molar-refractivity contribution in [3.05, 3.63) is 0 Å². The smallest absolute Gasteiger partial charge is 0.0213 e.